The van der Waals surface area contributed by atoms with Gasteiger partial charge in [-0.1, -0.05) is 170 Å². The Labute approximate surface area is 366 Å². The molecule has 63 heavy (non-hydrogen) atoms. The summed E-state index contributed by atoms with van der Waals surface area (Å²) < 4.78 is 6.26. The molecule has 1 aliphatic carbocycles. The van der Waals surface area contributed by atoms with Crippen LogP contribution in [0.25, 0.3) is 100 Å². The van der Waals surface area contributed by atoms with E-state index in [4.69, 9.17) is 14.4 Å². The largest absolute Gasteiger partial charge is 0.456 e. The number of hydrogen-bond donors (Lipinski definition) is 0. The van der Waals surface area contributed by atoms with Gasteiger partial charge in [0.15, 0.2) is 5.82 Å². The smallest absolute Gasteiger partial charge is 0.160 e. The molecule has 12 rings (SSSR count). The van der Waals surface area contributed by atoms with Crippen LogP contribution in [0.15, 0.2) is 229 Å². The Morgan fingerprint density at radius 2 is 0.857 bits per heavy atom. The van der Waals surface area contributed by atoms with Gasteiger partial charge >= 0.3 is 0 Å². The van der Waals surface area contributed by atoms with Crippen LogP contribution in [0.5, 0.6) is 0 Å². The quantitative estimate of drug-likeness (QED) is 0.161. The first-order chi connectivity index (χ1) is 31.1. The Morgan fingerprint density at radius 3 is 1.63 bits per heavy atom. The van der Waals surface area contributed by atoms with Gasteiger partial charge in [0.2, 0.25) is 0 Å². The Kier molecular flexibility index (Phi) is 8.62. The molecule has 1 unspecified atom stereocenters. The fourth-order valence-corrected chi connectivity index (χ4v) is 9.73. The molecule has 1 aliphatic rings. The highest BCUT2D eigenvalue weighted by molar-refractivity contribution is 6.06. The predicted molar refractivity (Wildman–Crippen MR) is 259 cm³/mol. The molecular weight excluding hydrogens is 765 g/mol. The summed E-state index contributed by atoms with van der Waals surface area (Å²) in [6, 6.07) is 80.2. The second kappa shape index (κ2) is 14.8. The van der Waals surface area contributed by atoms with Crippen molar-refractivity contribution in [1.29, 1.82) is 0 Å². The maximum absolute atomic E-state index is 6.26. The van der Waals surface area contributed by atoms with Crippen molar-refractivity contribution >= 4 is 21.9 Å². The summed E-state index contributed by atoms with van der Waals surface area (Å²) in [4.78, 5) is 10.4. The first-order valence-corrected chi connectivity index (χ1v) is 21.5. The maximum atomic E-state index is 6.26. The Balaban J connectivity index is 1.03. The zero-order chi connectivity index (χ0) is 41.9. The Bertz CT molecular complexity index is 3460. The molecule has 296 valence electrons. The summed E-state index contributed by atoms with van der Waals surface area (Å²) in [5.41, 5.74) is 19.6. The lowest BCUT2D eigenvalue weighted by Gasteiger charge is -2.28. The number of benzene rings is 9. The molecule has 0 bridgehead atoms. The van der Waals surface area contributed by atoms with E-state index in [1.807, 2.05) is 36.4 Å². The van der Waals surface area contributed by atoms with Crippen molar-refractivity contribution in [2.45, 2.75) is 12.3 Å². The van der Waals surface area contributed by atoms with E-state index in [2.05, 4.69) is 195 Å². The van der Waals surface area contributed by atoms with Crippen LogP contribution in [-0.2, 0) is 5.41 Å². The molecule has 1 atom stereocenters. The zero-order valence-corrected chi connectivity index (χ0v) is 34.7. The molecule has 3 heteroatoms. The molecular formula is C60H40N2O. The van der Waals surface area contributed by atoms with Crippen molar-refractivity contribution in [2.24, 2.45) is 0 Å². The third-order valence-electron chi connectivity index (χ3n) is 13.0. The van der Waals surface area contributed by atoms with Crippen LogP contribution in [0.2, 0.25) is 0 Å². The van der Waals surface area contributed by atoms with E-state index >= 15 is 0 Å². The lowest BCUT2D eigenvalue weighted by atomic mass is 9.74. The monoisotopic (exact) mass is 804 g/mol. The minimum absolute atomic E-state index is 0.238. The number of hydrogen-bond acceptors (Lipinski definition) is 3. The molecule has 11 aromatic rings. The van der Waals surface area contributed by atoms with E-state index in [-0.39, 0.29) is 5.41 Å². The summed E-state index contributed by atoms with van der Waals surface area (Å²) in [7, 11) is 0. The number of rotatable bonds is 7. The Hall–Kier alpha value is -8.14. The van der Waals surface area contributed by atoms with Crippen molar-refractivity contribution < 1.29 is 4.42 Å². The summed E-state index contributed by atoms with van der Waals surface area (Å²) >= 11 is 0. The van der Waals surface area contributed by atoms with E-state index < -0.39 is 0 Å². The van der Waals surface area contributed by atoms with Crippen molar-refractivity contribution in [2.75, 3.05) is 0 Å². The molecule has 9 aromatic carbocycles. The average Bonchev–Trinajstić information content (AvgIpc) is 3.87. The standard InChI is InChI=1S/C60H40N2O/c1-60(48-22-9-4-10-23-48)53-26-13-11-24-49(53)51-36-43(28-30-54(51)60)41-20-15-21-42(32-41)45-33-46(44-29-31-58-52(37-44)50-25-12-14-27-57(50)63-58)35-47(34-45)56-38-55(39-16-5-2-6-17-39)61-59(62-56)40-18-7-3-8-19-40/h2-38H,1H3. The third-order valence-corrected chi connectivity index (χ3v) is 13.0. The van der Waals surface area contributed by atoms with Crippen LogP contribution in [0.1, 0.15) is 23.6 Å². The molecule has 2 heterocycles. The van der Waals surface area contributed by atoms with Crippen LogP contribution in [-0.4, -0.2) is 9.97 Å². The van der Waals surface area contributed by atoms with Gasteiger partial charge in [-0.15, -0.1) is 0 Å². The SMILES string of the molecule is CC1(c2ccccc2)c2ccccc2-c2cc(-c3cccc(-c4cc(-c5ccc6oc7ccccc7c6c5)cc(-c5cc(-c6ccccc6)nc(-c6ccccc6)n5)c4)c3)ccc21. The van der Waals surface area contributed by atoms with E-state index in [1.165, 1.54) is 38.9 Å². The lowest BCUT2D eigenvalue weighted by Crippen LogP contribution is -2.22. The molecule has 0 spiro atoms. The van der Waals surface area contributed by atoms with Crippen molar-refractivity contribution in [3.05, 3.63) is 241 Å². The van der Waals surface area contributed by atoms with E-state index in [0.29, 0.717) is 5.82 Å². The summed E-state index contributed by atoms with van der Waals surface area (Å²) in [6.45, 7) is 2.37. The molecule has 0 aliphatic heterocycles. The van der Waals surface area contributed by atoms with Crippen LogP contribution in [0, 0.1) is 0 Å². The summed E-state index contributed by atoms with van der Waals surface area (Å²) in [5, 5.41) is 2.20. The number of furan rings is 1. The highest BCUT2D eigenvalue weighted by atomic mass is 16.3. The van der Waals surface area contributed by atoms with Crippen molar-refractivity contribution in [1.82, 2.24) is 9.97 Å². The van der Waals surface area contributed by atoms with Crippen LogP contribution in [0.4, 0.5) is 0 Å². The highest BCUT2D eigenvalue weighted by Crippen LogP contribution is 2.53. The van der Waals surface area contributed by atoms with Crippen molar-refractivity contribution in [3.63, 3.8) is 0 Å². The van der Waals surface area contributed by atoms with Crippen LogP contribution in [0.3, 0.4) is 0 Å². The fourth-order valence-electron chi connectivity index (χ4n) is 9.73. The van der Waals surface area contributed by atoms with Gasteiger partial charge in [-0.25, -0.2) is 9.97 Å². The fraction of sp³-hybridized carbons (Fsp3) is 0.0333. The maximum Gasteiger partial charge on any atom is 0.160 e. The first kappa shape index (κ1) is 36.7. The topological polar surface area (TPSA) is 38.9 Å². The lowest BCUT2D eigenvalue weighted by molar-refractivity contribution is 0.669. The molecule has 0 fully saturated rings. The number of fused-ring (bicyclic) bond motifs is 6. The molecule has 0 radical (unpaired) electrons. The molecule has 0 saturated carbocycles. The zero-order valence-electron chi connectivity index (χ0n) is 34.7. The van der Waals surface area contributed by atoms with Crippen LogP contribution >= 0.6 is 0 Å². The average molecular weight is 805 g/mol. The van der Waals surface area contributed by atoms with Gasteiger partial charge in [0, 0.05) is 32.9 Å². The minimum atomic E-state index is -0.238. The van der Waals surface area contributed by atoms with E-state index in [0.717, 1.165) is 72.3 Å². The van der Waals surface area contributed by atoms with Gasteiger partial charge in [-0.2, -0.15) is 0 Å². The van der Waals surface area contributed by atoms with Crippen LogP contribution < -0.4 is 0 Å². The second-order valence-electron chi connectivity index (χ2n) is 16.7. The van der Waals surface area contributed by atoms with Gasteiger partial charge in [0.1, 0.15) is 11.2 Å². The van der Waals surface area contributed by atoms with Gasteiger partial charge < -0.3 is 4.42 Å². The van der Waals surface area contributed by atoms with E-state index in [9.17, 15) is 0 Å². The highest BCUT2D eigenvalue weighted by Gasteiger charge is 2.40. The Morgan fingerprint density at radius 1 is 0.333 bits per heavy atom. The number of aromatic nitrogens is 2. The summed E-state index contributed by atoms with van der Waals surface area (Å²) in [5.74, 6) is 0.689. The summed E-state index contributed by atoms with van der Waals surface area (Å²) in [6.07, 6.45) is 0. The third kappa shape index (κ3) is 6.28. The van der Waals surface area contributed by atoms with Gasteiger partial charge in [0.05, 0.1) is 11.4 Å². The van der Waals surface area contributed by atoms with E-state index in [1.54, 1.807) is 0 Å². The minimum Gasteiger partial charge on any atom is -0.456 e. The number of nitrogens with zero attached hydrogens (tertiary/aromatic N) is 2. The molecule has 0 saturated heterocycles. The molecule has 3 nitrogen and oxygen atoms in total. The molecule has 0 amide bonds. The van der Waals surface area contributed by atoms with Gasteiger partial charge in [0.25, 0.3) is 0 Å². The first-order valence-electron chi connectivity index (χ1n) is 21.5. The normalized spacial score (nSPS) is 14.2. The van der Waals surface area contributed by atoms with Gasteiger partial charge in [-0.3, -0.25) is 0 Å². The predicted octanol–water partition coefficient (Wildman–Crippen LogP) is 15.7. The molecule has 2 aromatic heterocycles. The molecule has 0 N–H and O–H groups in total. The second-order valence-corrected chi connectivity index (χ2v) is 16.7. The van der Waals surface area contributed by atoms with Crippen molar-refractivity contribution in [3.8, 4) is 78.4 Å². The number of para-hydroxylation sites is 1. The van der Waals surface area contributed by atoms with Gasteiger partial charge in [-0.05, 0) is 123 Å².